The maximum atomic E-state index is 12.9. The average Bonchev–Trinajstić information content (AvgIpc) is 2.54. The number of benzene rings is 2. The van der Waals surface area contributed by atoms with Crippen molar-refractivity contribution in [2.75, 3.05) is 6.61 Å². The molecule has 3 aromatic rings. The minimum atomic E-state index is -1.07. The summed E-state index contributed by atoms with van der Waals surface area (Å²) in [6, 6.07) is 10.8. The number of fused-ring (bicyclic) bond motifs is 1. The lowest BCUT2D eigenvalue weighted by Crippen LogP contribution is -2.10. The maximum Gasteiger partial charge on any atom is 0.341 e. The highest BCUT2D eigenvalue weighted by molar-refractivity contribution is 5.86. The normalized spacial score (nSPS) is 10.8. The van der Waals surface area contributed by atoms with E-state index in [2.05, 4.69) is 0 Å². The number of aliphatic carboxylic acids is 1. The zero-order valence-electron chi connectivity index (χ0n) is 13.3. The molecule has 5 heteroatoms. The highest BCUT2D eigenvalue weighted by atomic mass is 16.5. The lowest BCUT2D eigenvalue weighted by atomic mass is 9.99. The second-order valence-corrected chi connectivity index (χ2v) is 5.59. The van der Waals surface area contributed by atoms with Crippen LogP contribution in [-0.4, -0.2) is 17.7 Å². The van der Waals surface area contributed by atoms with E-state index in [1.165, 1.54) is 12.3 Å². The second-order valence-electron chi connectivity index (χ2n) is 5.59. The molecule has 0 aliphatic heterocycles. The smallest absolute Gasteiger partial charge is 0.341 e. The van der Waals surface area contributed by atoms with Crippen LogP contribution in [0.4, 0.5) is 0 Å². The van der Waals surface area contributed by atoms with Crippen molar-refractivity contribution in [3.05, 3.63) is 64.0 Å². The number of hydrogen-bond donors (Lipinski definition) is 1. The molecule has 1 N–H and O–H groups in total. The molecular weight excluding hydrogens is 308 g/mol. The Hall–Kier alpha value is -3.08. The second kappa shape index (κ2) is 6.20. The number of ether oxygens (including phenoxy) is 1. The van der Waals surface area contributed by atoms with E-state index in [0.717, 1.165) is 11.1 Å². The number of carboxylic acid groups (broad SMARTS) is 1. The van der Waals surface area contributed by atoms with Crippen LogP contribution in [0.15, 0.2) is 51.9 Å². The molecule has 1 aromatic heterocycles. The predicted molar refractivity (Wildman–Crippen MR) is 90.5 cm³/mol. The van der Waals surface area contributed by atoms with E-state index in [4.69, 9.17) is 14.3 Å². The first-order valence-corrected chi connectivity index (χ1v) is 7.44. The van der Waals surface area contributed by atoms with Gasteiger partial charge in [-0.2, -0.15) is 0 Å². The Morgan fingerprint density at radius 2 is 1.88 bits per heavy atom. The van der Waals surface area contributed by atoms with Crippen LogP contribution < -0.4 is 10.2 Å². The first kappa shape index (κ1) is 15.8. The SMILES string of the molecule is Cc1ccccc1-c1coc2cc(OCC(=O)O)cc(C)c2c1=O. The van der Waals surface area contributed by atoms with Crippen LogP contribution in [0.1, 0.15) is 11.1 Å². The first-order chi connectivity index (χ1) is 11.5. The summed E-state index contributed by atoms with van der Waals surface area (Å²) in [6.07, 6.45) is 1.44. The molecule has 2 aromatic carbocycles. The van der Waals surface area contributed by atoms with Crippen molar-refractivity contribution in [1.82, 2.24) is 0 Å². The van der Waals surface area contributed by atoms with Gasteiger partial charge in [0.2, 0.25) is 5.43 Å². The third-order valence-corrected chi connectivity index (χ3v) is 3.85. The largest absolute Gasteiger partial charge is 0.482 e. The molecule has 24 heavy (non-hydrogen) atoms. The number of carbonyl (C=O) groups is 1. The molecule has 0 unspecified atom stereocenters. The summed E-state index contributed by atoms with van der Waals surface area (Å²) in [4.78, 5) is 23.5. The van der Waals surface area contributed by atoms with Gasteiger partial charge in [0.25, 0.3) is 0 Å². The third-order valence-electron chi connectivity index (χ3n) is 3.85. The predicted octanol–water partition coefficient (Wildman–Crippen LogP) is 3.54. The van der Waals surface area contributed by atoms with Crippen LogP contribution >= 0.6 is 0 Å². The Morgan fingerprint density at radius 1 is 1.12 bits per heavy atom. The average molecular weight is 324 g/mol. The molecule has 0 saturated heterocycles. The standard InChI is InChI=1S/C19H16O5/c1-11-5-3-4-6-14(11)15-9-24-16-8-13(23-10-17(20)21)7-12(2)18(16)19(15)22/h3-9H,10H2,1-2H3,(H,20,21). The number of hydrogen-bond acceptors (Lipinski definition) is 4. The van der Waals surface area contributed by atoms with Crippen molar-refractivity contribution < 1.29 is 19.1 Å². The Bertz CT molecular complexity index is 985. The van der Waals surface area contributed by atoms with Crippen molar-refractivity contribution in [2.45, 2.75) is 13.8 Å². The van der Waals surface area contributed by atoms with Gasteiger partial charge < -0.3 is 14.3 Å². The summed E-state index contributed by atoms with van der Waals surface area (Å²) in [7, 11) is 0. The van der Waals surface area contributed by atoms with Gasteiger partial charge in [0.1, 0.15) is 17.6 Å². The van der Waals surface area contributed by atoms with Gasteiger partial charge in [-0.1, -0.05) is 24.3 Å². The van der Waals surface area contributed by atoms with Crippen molar-refractivity contribution in [1.29, 1.82) is 0 Å². The zero-order chi connectivity index (χ0) is 17.3. The van der Waals surface area contributed by atoms with Crippen LogP contribution in [0.5, 0.6) is 5.75 Å². The molecular formula is C19H16O5. The lowest BCUT2D eigenvalue weighted by Gasteiger charge is -2.09. The highest BCUT2D eigenvalue weighted by Gasteiger charge is 2.14. The van der Waals surface area contributed by atoms with Gasteiger partial charge in [-0.3, -0.25) is 4.79 Å². The minimum Gasteiger partial charge on any atom is -0.482 e. The lowest BCUT2D eigenvalue weighted by molar-refractivity contribution is -0.139. The first-order valence-electron chi connectivity index (χ1n) is 7.44. The fourth-order valence-electron chi connectivity index (χ4n) is 2.71. The fraction of sp³-hybridized carbons (Fsp3) is 0.158. The number of aryl methyl sites for hydroxylation is 2. The van der Waals surface area contributed by atoms with Gasteiger partial charge in [0, 0.05) is 6.07 Å². The van der Waals surface area contributed by atoms with Crippen LogP contribution in [0.3, 0.4) is 0 Å². The van der Waals surface area contributed by atoms with Gasteiger partial charge in [0.05, 0.1) is 10.9 Å². The van der Waals surface area contributed by atoms with E-state index < -0.39 is 12.6 Å². The third kappa shape index (κ3) is 2.88. The highest BCUT2D eigenvalue weighted by Crippen LogP contribution is 2.27. The maximum absolute atomic E-state index is 12.9. The molecule has 5 nitrogen and oxygen atoms in total. The van der Waals surface area contributed by atoms with Gasteiger partial charge in [0.15, 0.2) is 6.61 Å². The Kier molecular flexibility index (Phi) is 4.08. The van der Waals surface area contributed by atoms with Crippen LogP contribution in [-0.2, 0) is 4.79 Å². The summed E-state index contributed by atoms with van der Waals surface area (Å²) in [5.74, 6) is -0.710. The van der Waals surface area contributed by atoms with Gasteiger partial charge in [-0.25, -0.2) is 4.79 Å². The Labute approximate surface area is 138 Å². The van der Waals surface area contributed by atoms with E-state index in [1.54, 1.807) is 13.0 Å². The van der Waals surface area contributed by atoms with Crippen molar-refractivity contribution in [2.24, 2.45) is 0 Å². The van der Waals surface area contributed by atoms with E-state index in [1.807, 2.05) is 31.2 Å². The zero-order valence-corrected chi connectivity index (χ0v) is 13.3. The summed E-state index contributed by atoms with van der Waals surface area (Å²) < 4.78 is 10.8. The van der Waals surface area contributed by atoms with Crippen LogP contribution in [0.25, 0.3) is 22.1 Å². The molecule has 0 spiro atoms. The molecule has 122 valence electrons. The molecule has 0 amide bonds. The van der Waals surface area contributed by atoms with Gasteiger partial charge in [-0.05, 0) is 36.6 Å². The molecule has 0 bridgehead atoms. The van der Waals surface area contributed by atoms with Crippen LogP contribution in [0, 0.1) is 13.8 Å². The minimum absolute atomic E-state index is 0.118. The molecule has 0 fully saturated rings. The van der Waals surface area contributed by atoms with Crippen molar-refractivity contribution in [3.8, 4) is 16.9 Å². The summed E-state index contributed by atoms with van der Waals surface area (Å²) >= 11 is 0. The van der Waals surface area contributed by atoms with Gasteiger partial charge in [-0.15, -0.1) is 0 Å². The molecule has 0 atom stereocenters. The quantitative estimate of drug-likeness (QED) is 0.794. The van der Waals surface area contributed by atoms with Crippen molar-refractivity contribution in [3.63, 3.8) is 0 Å². The molecule has 0 radical (unpaired) electrons. The monoisotopic (exact) mass is 324 g/mol. The van der Waals surface area contributed by atoms with E-state index in [-0.39, 0.29) is 5.43 Å². The number of rotatable bonds is 4. The molecule has 0 saturated carbocycles. The molecule has 1 heterocycles. The topological polar surface area (TPSA) is 76.7 Å². The van der Waals surface area contributed by atoms with Crippen molar-refractivity contribution >= 4 is 16.9 Å². The Balaban J connectivity index is 2.15. The van der Waals surface area contributed by atoms with Crippen LogP contribution in [0.2, 0.25) is 0 Å². The summed E-state index contributed by atoms with van der Waals surface area (Å²) in [5.41, 5.74) is 3.26. The Morgan fingerprint density at radius 3 is 2.58 bits per heavy atom. The van der Waals surface area contributed by atoms with Gasteiger partial charge >= 0.3 is 5.97 Å². The van der Waals surface area contributed by atoms with E-state index in [0.29, 0.717) is 27.8 Å². The molecule has 0 aliphatic rings. The van der Waals surface area contributed by atoms with E-state index in [9.17, 15) is 9.59 Å². The summed E-state index contributed by atoms with van der Waals surface area (Å²) in [6.45, 7) is 3.26. The van der Waals surface area contributed by atoms with E-state index >= 15 is 0 Å². The molecule has 0 aliphatic carbocycles. The molecule has 3 rings (SSSR count). The fourth-order valence-corrected chi connectivity index (χ4v) is 2.71. The summed E-state index contributed by atoms with van der Waals surface area (Å²) in [5, 5.41) is 9.16. The number of carboxylic acids is 1.